The zero-order chi connectivity index (χ0) is 22.7. The molecule has 8 heteroatoms. The van der Waals surface area contributed by atoms with E-state index in [-0.39, 0.29) is 18.0 Å². The van der Waals surface area contributed by atoms with Gasteiger partial charge in [-0.25, -0.2) is 9.78 Å². The Morgan fingerprint density at radius 1 is 1.12 bits per heavy atom. The lowest BCUT2D eigenvalue weighted by Gasteiger charge is -2.33. The Kier molecular flexibility index (Phi) is 6.30. The van der Waals surface area contributed by atoms with E-state index in [1.807, 2.05) is 60.6 Å². The van der Waals surface area contributed by atoms with Gasteiger partial charge in [-0.3, -0.25) is 4.79 Å². The fourth-order valence-corrected chi connectivity index (χ4v) is 4.06. The van der Waals surface area contributed by atoms with Crippen LogP contribution in [0.25, 0.3) is 11.0 Å². The molecule has 3 aromatic rings. The number of hydrogen-bond donors (Lipinski definition) is 1. The summed E-state index contributed by atoms with van der Waals surface area (Å²) in [6.45, 7) is 3.90. The van der Waals surface area contributed by atoms with Gasteiger partial charge in [0.1, 0.15) is 5.75 Å². The molecule has 1 saturated heterocycles. The van der Waals surface area contributed by atoms with Crippen LogP contribution in [-0.4, -0.2) is 65.1 Å². The number of fused-ring (bicyclic) bond motifs is 1. The molecule has 0 unspecified atom stereocenters. The van der Waals surface area contributed by atoms with Crippen molar-refractivity contribution < 1.29 is 14.3 Å². The maximum Gasteiger partial charge on any atom is 0.321 e. The van der Waals surface area contributed by atoms with Crippen molar-refractivity contribution in [3.05, 3.63) is 54.4 Å². The number of carbonyl (C=O) groups excluding carboxylic acids is 2. The van der Waals surface area contributed by atoms with Gasteiger partial charge in [0.2, 0.25) is 0 Å². The second-order valence-corrected chi connectivity index (χ2v) is 8.16. The number of likely N-dealkylation sites (tertiary alicyclic amines) is 1. The molecule has 3 amide bonds. The third kappa shape index (κ3) is 4.54. The van der Waals surface area contributed by atoms with Gasteiger partial charge in [0, 0.05) is 44.5 Å². The van der Waals surface area contributed by atoms with Crippen molar-refractivity contribution in [2.45, 2.75) is 25.8 Å². The molecular weight excluding hydrogens is 406 g/mol. The highest BCUT2D eigenvalue weighted by Gasteiger charge is 2.25. The van der Waals surface area contributed by atoms with Crippen LogP contribution in [0.15, 0.2) is 48.8 Å². The molecular formula is C24H29N5O3. The van der Waals surface area contributed by atoms with Crippen LogP contribution in [0.2, 0.25) is 0 Å². The molecule has 2 aromatic carbocycles. The number of benzene rings is 2. The number of nitrogens with one attached hydrogen (secondary N) is 1. The topological polar surface area (TPSA) is 79.7 Å². The minimum atomic E-state index is -0.0880. The van der Waals surface area contributed by atoms with E-state index >= 15 is 0 Å². The SMILES string of the molecule is CCOc1ccc(NC(=O)N2CCC(n3cnc4cc(C(=O)N(C)C)ccc43)CC2)cc1. The average molecular weight is 436 g/mol. The molecule has 32 heavy (non-hydrogen) atoms. The van der Waals surface area contributed by atoms with Crippen LogP contribution < -0.4 is 10.1 Å². The van der Waals surface area contributed by atoms with E-state index in [1.165, 1.54) is 0 Å². The second kappa shape index (κ2) is 9.30. The number of amides is 3. The number of piperidine rings is 1. The molecule has 0 atom stereocenters. The van der Waals surface area contributed by atoms with Crippen LogP contribution in [0.3, 0.4) is 0 Å². The molecule has 1 aromatic heterocycles. The van der Waals surface area contributed by atoms with E-state index in [0.717, 1.165) is 35.3 Å². The first-order valence-electron chi connectivity index (χ1n) is 10.9. The van der Waals surface area contributed by atoms with Gasteiger partial charge in [-0.05, 0) is 62.2 Å². The number of aromatic nitrogens is 2. The van der Waals surface area contributed by atoms with Gasteiger partial charge < -0.3 is 24.4 Å². The van der Waals surface area contributed by atoms with E-state index in [0.29, 0.717) is 25.3 Å². The van der Waals surface area contributed by atoms with Crippen LogP contribution in [-0.2, 0) is 0 Å². The van der Waals surface area contributed by atoms with Crippen LogP contribution in [0, 0.1) is 0 Å². The molecule has 1 aliphatic rings. The molecule has 1 aliphatic heterocycles. The summed E-state index contributed by atoms with van der Waals surface area (Å²) in [5.41, 5.74) is 3.21. The molecule has 0 spiro atoms. The summed E-state index contributed by atoms with van der Waals surface area (Å²) >= 11 is 0. The first kappa shape index (κ1) is 21.7. The van der Waals surface area contributed by atoms with Gasteiger partial charge in [0.15, 0.2) is 0 Å². The van der Waals surface area contributed by atoms with Crippen LogP contribution in [0.4, 0.5) is 10.5 Å². The predicted molar refractivity (Wildman–Crippen MR) is 124 cm³/mol. The Hall–Kier alpha value is -3.55. The van der Waals surface area contributed by atoms with Gasteiger partial charge in [-0.2, -0.15) is 0 Å². The molecule has 8 nitrogen and oxygen atoms in total. The number of carbonyl (C=O) groups is 2. The summed E-state index contributed by atoms with van der Waals surface area (Å²) in [5, 5.41) is 2.96. The lowest BCUT2D eigenvalue weighted by Crippen LogP contribution is -2.41. The lowest BCUT2D eigenvalue weighted by molar-refractivity contribution is 0.0827. The van der Waals surface area contributed by atoms with Crippen molar-refractivity contribution in [2.75, 3.05) is 39.1 Å². The van der Waals surface area contributed by atoms with Crippen molar-refractivity contribution in [1.29, 1.82) is 0 Å². The van der Waals surface area contributed by atoms with Crippen molar-refractivity contribution in [1.82, 2.24) is 19.4 Å². The number of imidazole rings is 1. The highest BCUT2D eigenvalue weighted by molar-refractivity contribution is 5.97. The van der Waals surface area contributed by atoms with Crippen molar-refractivity contribution in [3.63, 3.8) is 0 Å². The number of anilines is 1. The van der Waals surface area contributed by atoms with E-state index in [1.54, 1.807) is 19.0 Å². The maximum atomic E-state index is 12.7. The van der Waals surface area contributed by atoms with Crippen molar-refractivity contribution >= 4 is 28.7 Å². The van der Waals surface area contributed by atoms with Gasteiger partial charge >= 0.3 is 6.03 Å². The number of ether oxygens (including phenoxy) is 1. The third-order valence-electron chi connectivity index (χ3n) is 5.79. The molecule has 1 fully saturated rings. The Labute approximate surface area is 187 Å². The molecule has 0 aliphatic carbocycles. The average Bonchev–Trinajstić information content (AvgIpc) is 3.23. The summed E-state index contributed by atoms with van der Waals surface area (Å²) < 4.78 is 7.61. The molecule has 0 radical (unpaired) electrons. The molecule has 0 saturated carbocycles. The summed E-state index contributed by atoms with van der Waals surface area (Å²) in [6.07, 6.45) is 3.54. The predicted octanol–water partition coefficient (Wildman–Crippen LogP) is 4.01. The standard InChI is InChI=1S/C24H29N5O3/c1-4-32-20-8-6-18(7-9-20)26-24(31)28-13-11-19(12-14-28)29-16-25-21-15-17(5-10-22(21)29)23(30)27(2)3/h5-10,15-16,19H,4,11-14H2,1-3H3,(H,26,31). The van der Waals surface area contributed by atoms with Gasteiger partial charge in [0.05, 0.1) is 24.0 Å². The number of rotatable bonds is 5. The fraction of sp³-hybridized carbons (Fsp3) is 0.375. The van der Waals surface area contributed by atoms with Crippen LogP contribution in [0.1, 0.15) is 36.2 Å². The normalized spacial score (nSPS) is 14.4. The second-order valence-electron chi connectivity index (χ2n) is 8.16. The van der Waals surface area contributed by atoms with Gasteiger partial charge in [0.25, 0.3) is 5.91 Å². The van der Waals surface area contributed by atoms with Gasteiger partial charge in [-0.15, -0.1) is 0 Å². The zero-order valence-electron chi connectivity index (χ0n) is 18.7. The highest BCUT2D eigenvalue weighted by atomic mass is 16.5. The van der Waals surface area contributed by atoms with E-state index in [4.69, 9.17) is 4.74 Å². The fourth-order valence-electron chi connectivity index (χ4n) is 4.06. The molecule has 168 valence electrons. The Morgan fingerprint density at radius 3 is 2.50 bits per heavy atom. The summed E-state index contributed by atoms with van der Waals surface area (Å²) in [5.74, 6) is 0.755. The first-order valence-corrected chi connectivity index (χ1v) is 10.9. The maximum absolute atomic E-state index is 12.7. The molecule has 1 N–H and O–H groups in total. The Bertz CT molecular complexity index is 1100. The highest BCUT2D eigenvalue weighted by Crippen LogP contribution is 2.28. The van der Waals surface area contributed by atoms with E-state index in [9.17, 15) is 9.59 Å². The summed E-state index contributed by atoms with van der Waals surface area (Å²) in [7, 11) is 3.48. The van der Waals surface area contributed by atoms with Gasteiger partial charge in [-0.1, -0.05) is 0 Å². The molecule has 0 bridgehead atoms. The van der Waals surface area contributed by atoms with Crippen LogP contribution in [0.5, 0.6) is 5.75 Å². The first-order chi connectivity index (χ1) is 15.5. The molecule has 4 rings (SSSR count). The summed E-state index contributed by atoms with van der Waals surface area (Å²) in [6, 6.07) is 13.2. The minimum Gasteiger partial charge on any atom is -0.494 e. The quantitative estimate of drug-likeness (QED) is 0.657. The number of hydrogen-bond acceptors (Lipinski definition) is 4. The number of urea groups is 1. The minimum absolute atomic E-state index is 0.0340. The molecule has 2 heterocycles. The third-order valence-corrected chi connectivity index (χ3v) is 5.79. The van der Waals surface area contributed by atoms with E-state index in [2.05, 4.69) is 14.9 Å². The number of nitrogens with zero attached hydrogens (tertiary/aromatic N) is 4. The summed E-state index contributed by atoms with van der Waals surface area (Å²) in [4.78, 5) is 32.8. The van der Waals surface area contributed by atoms with Crippen molar-refractivity contribution in [2.24, 2.45) is 0 Å². The Balaban J connectivity index is 1.37. The van der Waals surface area contributed by atoms with Crippen molar-refractivity contribution in [3.8, 4) is 5.75 Å². The lowest BCUT2D eigenvalue weighted by atomic mass is 10.0. The largest absolute Gasteiger partial charge is 0.494 e. The zero-order valence-corrected chi connectivity index (χ0v) is 18.7. The smallest absolute Gasteiger partial charge is 0.321 e. The Morgan fingerprint density at radius 2 is 1.84 bits per heavy atom. The van der Waals surface area contributed by atoms with E-state index < -0.39 is 0 Å². The van der Waals surface area contributed by atoms with Crippen LogP contribution >= 0.6 is 0 Å². The monoisotopic (exact) mass is 435 g/mol.